The van der Waals surface area contributed by atoms with Crippen LogP contribution in [0.15, 0.2) is 48.5 Å². The van der Waals surface area contributed by atoms with Crippen LogP contribution >= 0.6 is 0 Å². The van der Waals surface area contributed by atoms with Crippen LogP contribution in [0.1, 0.15) is 30.5 Å². The number of phenolic OH excluding ortho intramolecular Hbond substituents is 1. The molecule has 2 aromatic rings. The van der Waals surface area contributed by atoms with Crippen molar-refractivity contribution in [2.75, 3.05) is 0 Å². The number of benzene rings is 2. The van der Waals surface area contributed by atoms with Gasteiger partial charge < -0.3 is 9.84 Å². The average molecular weight is 305 g/mol. The molecule has 0 aromatic heterocycles. The summed E-state index contributed by atoms with van der Waals surface area (Å²) >= 11 is 0. The van der Waals surface area contributed by atoms with Crippen molar-refractivity contribution >= 4 is 17.1 Å². The molecule has 0 amide bonds. The zero-order chi connectivity index (χ0) is 16.6. The Labute approximate surface area is 134 Å². The van der Waals surface area contributed by atoms with Crippen molar-refractivity contribution in [3.8, 4) is 11.8 Å². The highest BCUT2D eigenvalue weighted by Crippen LogP contribution is 2.41. The Bertz CT molecular complexity index is 838. The zero-order valence-corrected chi connectivity index (χ0v) is 12.8. The molecule has 4 nitrogen and oxygen atoms in total. The molecule has 0 saturated heterocycles. The molecule has 1 aliphatic heterocycles. The molecule has 23 heavy (non-hydrogen) atoms. The number of hydrogen-bond donors (Lipinski definition) is 1. The second kappa shape index (κ2) is 5.29. The van der Waals surface area contributed by atoms with Crippen molar-refractivity contribution in [3.05, 3.63) is 65.2 Å². The molecule has 4 heteroatoms. The fourth-order valence-electron chi connectivity index (χ4n) is 2.55. The number of nitriles is 1. The zero-order valence-electron chi connectivity index (χ0n) is 12.8. The molecule has 0 bridgehead atoms. The van der Waals surface area contributed by atoms with Crippen LogP contribution in [0.4, 0.5) is 0 Å². The number of ketones is 1. The van der Waals surface area contributed by atoms with Crippen LogP contribution in [0.25, 0.3) is 11.3 Å². The van der Waals surface area contributed by atoms with Gasteiger partial charge in [-0.05, 0) is 55.8 Å². The molecule has 0 atom stereocenters. The predicted molar refractivity (Wildman–Crippen MR) is 86.2 cm³/mol. The Morgan fingerprint density at radius 3 is 2.13 bits per heavy atom. The van der Waals surface area contributed by atoms with Crippen molar-refractivity contribution < 1.29 is 14.6 Å². The standard InChI is InChI=1S/C19H15NO3/c1-19(2)18(22)16(13-7-9-15(21)10-8-13)17(23-19)14-5-3-12(11-20)4-6-14/h3-10,21H,1-2H3. The van der Waals surface area contributed by atoms with Gasteiger partial charge in [0.15, 0.2) is 5.60 Å². The summed E-state index contributed by atoms with van der Waals surface area (Å²) in [6.07, 6.45) is 0. The molecule has 0 radical (unpaired) electrons. The SMILES string of the molecule is CC1(C)OC(c2ccc(C#N)cc2)=C(c2ccc(O)cc2)C1=O. The molecule has 2 aromatic carbocycles. The molecule has 0 spiro atoms. The van der Waals surface area contributed by atoms with Crippen molar-refractivity contribution in [1.29, 1.82) is 5.26 Å². The lowest BCUT2D eigenvalue weighted by Crippen LogP contribution is -2.29. The Morgan fingerprint density at radius 2 is 1.57 bits per heavy atom. The highest BCUT2D eigenvalue weighted by atomic mass is 16.5. The molecule has 1 N–H and O–H groups in total. The summed E-state index contributed by atoms with van der Waals surface area (Å²) in [4.78, 5) is 12.7. The first-order chi connectivity index (χ1) is 10.9. The Morgan fingerprint density at radius 1 is 1.00 bits per heavy atom. The minimum atomic E-state index is -0.948. The van der Waals surface area contributed by atoms with Gasteiger partial charge in [0.2, 0.25) is 5.78 Å². The van der Waals surface area contributed by atoms with Gasteiger partial charge in [0.05, 0.1) is 17.2 Å². The van der Waals surface area contributed by atoms with Gasteiger partial charge in [-0.15, -0.1) is 0 Å². The molecule has 1 heterocycles. The topological polar surface area (TPSA) is 70.3 Å². The smallest absolute Gasteiger partial charge is 0.210 e. The monoisotopic (exact) mass is 305 g/mol. The van der Waals surface area contributed by atoms with Crippen molar-refractivity contribution in [1.82, 2.24) is 0 Å². The number of carbonyl (C=O) groups excluding carboxylic acids is 1. The van der Waals surface area contributed by atoms with E-state index < -0.39 is 5.60 Å². The number of Topliss-reactive ketones (excluding diaryl/α,β-unsaturated/α-hetero) is 1. The molecule has 3 rings (SSSR count). The van der Waals surface area contributed by atoms with E-state index in [0.29, 0.717) is 22.5 Å². The van der Waals surface area contributed by atoms with Crippen molar-refractivity contribution in [2.45, 2.75) is 19.4 Å². The number of phenols is 1. The van der Waals surface area contributed by atoms with Crippen LogP contribution in [0.2, 0.25) is 0 Å². The van der Waals surface area contributed by atoms with Gasteiger partial charge in [-0.2, -0.15) is 5.26 Å². The van der Waals surface area contributed by atoms with Crippen molar-refractivity contribution in [3.63, 3.8) is 0 Å². The average Bonchev–Trinajstić information content (AvgIpc) is 2.79. The minimum absolute atomic E-state index is 0.109. The maximum Gasteiger partial charge on any atom is 0.210 e. The summed E-state index contributed by atoms with van der Waals surface area (Å²) in [7, 11) is 0. The predicted octanol–water partition coefficient (Wildman–Crippen LogP) is 3.51. The summed E-state index contributed by atoms with van der Waals surface area (Å²) in [6.45, 7) is 3.46. The molecular weight excluding hydrogens is 290 g/mol. The number of nitrogens with zero attached hydrogens (tertiary/aromatic N) is 1. The number of ether oxygens (including phenoxy) is 1. The maximum atomic E-state index is 12.7. The van der Waals surface area contributed by atoms with Crippen LogP contribution in [0, 0.1) is 11.3 Å². The van der Waals surface area contributed by atoms with Gasteiger partial charge in [-0.25, -0.2) is 0 Å². The summed E-state index contributed by atoms with van der Waals surface area (Å²) in [5, 5.41) is 18.3. The normalized spacial score (nSPS) is 16.1. The Hall–Kier alpha value is -3.06. The van der Waals surface area contributed by atoms with Gasteiger partial charge in [0, 0.05) is 5.56 Å². The third kappa shape index (κ3) is 2.58. The maximum absolute atomic E-state index is 12.7. The summed E-state index contributed by atoms with van der Waals surface area (Å²) in [5.74, 6) is 0.526. The third-order valence-electron chi connectivity index (χ3n) is 3.79. The van der Waals surface area contributed by atoms with E-state index in [1.54, 1.807) is 50.2 Å². The summed E-state index contributed by atoms with van der Waals surface area (Å²) in [5.41, 5.74) is 1.52. The number of hydrogen-bond acceptors (Lipinski definition) is 4. The largest absolute Gasteiger partial charge is 0.508 e. The Kier molecular flexibility index (Phi) is 3.42. The first-order valence-corrected chi connectivity index (χ1v) is 7.20. The lowest BCUT2D eigenvalue weighted by atomic mass is 9.92. The molecule has 114 valence electrons. The number of carbonyl (C=O) groups is 1. The third-order valence-corrected chi connectivity index (χ3v) is 3.79. The fraction of sp³-hybridized carbons (Fsp3) is 0.158. The fourth-order valence-corrected chi connectivity index (χ4v) is 2.55. The van der Waals surface area contributed by atoms with E-state index in [2.05, 4.69) is 6.07 Å². The number of rotatable bonds is 2. The van der Waals surface area contributed by atoms with E-state index in [4.69, 9.17) is 10.00 Å². The van der Waals surface area contributed by atoms with E-state index in [9.17, 15) is 9.90 Å². The van der Waals surface area contributed by atoms with E-state index in [1.165, 1.54) is 12.1 Å². The van der Waals surface area contributed by atoms with Crippen LogP contribution in [-0.2, 0) is 9.53 Å². The first kappa shape index (κ1) is 14.9. The van der Waals surface area contributed by atoms with Crippen LogP contribution in [0.3, 0.4) is 0 Å². The molecular formula is C19H15NO3. The van der Waals surface area contributed by atoms with Crippen LogP contribution < -0.4 is 0 Å². The lowest BCUT2D eigenvalue weighted by Gasteiger charge is -2.17. The quantitative estimate of drug-likeness (QED) is 0.921. The van der Waals surface area contributed by atoms with Crippen LogP contribution in [-0.4, -0.2) is 16.5 Å². The molecule has 0 unspecified atom stereocenters. The second-order valence-corrected chi connectivity index (χ2v) is 5.88. The summed E-state index contributed by atoms with van der Waals surface area (Å²) in [6, 6.07) is 15.4. The molecule has 0 aliphatic carbocycles. The number of aromatic hydroxyl groups is 1. The summed E-state index contributed by atoms with van der Waals surface area (Å²) < 4.78 is 5.90. The van der Waals surface area contributed by atoms with E-state index in [0.717, 1.165) is 5.56 Å². The molecule has 0 fully saturated rings. The van der Waals surface area contributed by atoms with Crippen molar-refractivity contribution in [2.24, 2.45) is 0 Å². The van der Waals surface area contributed by atoms with Gasteiger partial charge in [-0.1, -0.05) is 12.1 Å². The van der Waals surface area contributed by atoms with Gasteiger partial charge in [0.25, 0.3) is 0 Å². The van der Waals surface area contributed by atoms with Gasteiger partial charge >= 0.3 is 0 Å². The van der Waals surface area contributed by atoms with Crippen LogP contribution in [0.5, 0.6) is 5.75 Å². The van der Waals surface area contributed by atoms with E-state index in [-0.39, 0.29) is 11.5 Å². The second-order valence-electron chi connectivity index (χ2n) is 5.88. The lowest BCUT2D eigenvalue weighted by molar-refractivity contribution is -0.125. The molecule has 0 saturated carbocycles. The first-order valence-electron chi connectivity index (χ1n) is 7.20. The molecule has 1 aliphatic rings. The van der Waals surface area contributed by atoms with E-state index in [1.807, 2.05) is 0 Å². The Balaban J connectivity index is 2.16. The van der Waals surface area contributed by atoms with Gasteiger partial charge in [-0.3, -0.25) is 4.79 Å². The van der Waals surface area contributed by atoms with E-state index >= 15 is 0 Å². The van der Waals surface area contributed by atoms with Gasteiger partial charge in [0.1, 0.15) is 11.5 Å². The minimum Gasteiger partial charge on any atom is -0.508 e. The highest BCUT2D eigenvalue weighted by molar-refractivity contribution is 6.32. The highest BCUT2D eigenvalue weighted by Gasteiger charge is 2.42.